The van der Waals surface area contributed by atoms with E-state index in [1.54, 1.807) is 12.1 Å². The van der Waals surface area contributed by atoms with Crippen molar-refractivity contribution in [1.82, 2.24) is 25.0 Å². The van der Waals surface area contributed by atoms with Crippen molar-refractivity contribution in [3.63, 3.8) is 0 Å². The Morgan fingerprint density at radius 3 is 2.65 bits per heavy atom. The topological polar surface area (TPSA) is 80.3 Å². The largest absolute Gasteiger partial charge is 0.302 e. The lowest BCUT2D eigenvalue weighted by atomic mass is 10.1. The van der Waals surface area contributed by atoms with Crippen LogP contribution in [0.15, 0.2) is 46.6 Å². The highest BCUT2D eigenvalue weighted by Gasteiger charge is 2.14. The Morgan fingerprint density at radius 1 is 1.13 bits per heavy atom. The lowest BCUT2D eigenvalue weighted by molar-refractivity contribution is 0.686. The Morgan fingerprint density at radius 2 is 2.00 bits per heavy atom. The second-order valence-electron chi connectivity index (χ2n) is 4.89. The van der Waals surface area contributed by atoms with Gasteiger partial charge in [-0.3, -0.25) is 0 Å². The van der Waals surface area contributed by atoms with E-state index < -0.39 is 0 Å². The first-order valence-electron chi connectivity index (χ1n) is 7.13. The van der Waals surface area contributed by atoms with Crippen molar-refractivity contribution in [3.05, 3.63) is 47.7 Å². The number of aryl methyl sites for hydroxylation is 1. The third kappa shape index (κ3) is 3.22. The number of nitrogens with zero attached hydrogens (tertiary/aromatic N) is 6. The summed E-state index contributed by atoms with van der Waals surface area (Å²) >= 11 is 1.38. The van der Waals surface area contributed by atoms with Crippen LogP contribution in [0.2, 0.25) is 0 Å². The first kappa shape index (κ1) is 15.2. The minimum Gasteiger partial charge on any atom is -0.302 e. The van der Waals surface area contributed by atoms with Crippen LogP contribution in [-0.4, -0.2) is 25.0 Å². The van der Waals surface area contributed by atoms with E-state index in [9.17, 15) is 0 Å². The van der Waals surface area contributed by atoms with E-state index >= 15 is 0 Å². The van der Waals surface area contributed by atoms with Gasteiger partial charge in [-0.25, -0.2) is 0 Å². The third-order valence-electron chi connectivity index (χ3n) is 3.26. The highest BCUT2D eigenvalue weighted by molar-refractivity contribution is 7.99. The molecule has 1 aromatic carbocycles. The van der Waals surface area contributed by atoms with E-state index in [4.69, 9.17) is 5.26 Å². The molecule has 0 radical (unpaired) electrons. The normalized spacial score (nSPS) is 10.5. The van der Waals surface area contributed by atoms with Gasteiger partial charge in [0.2, 0.25) is 0 Å². The van der Waals surface area contributed by atoms with Gasteiger partial charge < -0.3 is 4.57 Å². The van der Waals surface area contributed by atoms with Gasteiger partial charge in [-0.15, -0.1) is 20.4 Å². The number of hydrogen-bond acceptors (Lipinski definition) is 6. The van der Waals surface area contributed by atoms with E-state index in [2.05, 4.69) is 46.4 Å². The van der Waals surface area contributed by atoms with Gasteiger partial charge in [-0.1, -0.05) is 23.8 Å². The smallest absolute Gasteiger partial charge is 0.197 e. The molecule has 0 aliphatic carbocycles. The highest BCUT2D eigenvalue weighted by Crippen LogP contribution is 2.28. The molecule has 0 saturated carbocycles. The quantitative estimate of drug-likeness (QED) is 0.734. The van der Waals surface area contributed by atoms with Crippen molar-refractivity contribution in [2.75, 3.05) is 0 Å². The predicted octanol–water partition coefficient (Wildman–Crippen LogP) is 3.09. The number of benzene rings is 1. The van der Waals surface area contributed by atoms with Crippen LogP contribution >= 0.6 is 11.8 Å². The average Bonchev–Trinajstić information content (AvgIpc) is 2.98. The first-order chi connectivity index (χ1) is 11.2. The highest BCUT2D eigenvalue weighted by atomic mass is 32.2. The van der Waals surface area contributed by atoms with Crippen molar-refractivity contribution in [2.45, 2.75) is 30.6 Å². The number of hydrogen-bond donors (Lipinski definition) is 0. The Labute approximate surface area is 138 Å². The molecule has 0 aliphatic rings. The lowest BCUT2D eigenvalue weighted by Gasteiger charge is -2.07. The summed E-state index contributed by atoms with van der Waals surface area (Å²) in [6.45, 7) is 4.86. The van der Waals surface area contributed by atoms with E-state index in [-0.39, 0.29) is 0 Å². The molecule has 3 rings (SSSR count). The Balaban J connectivity index is 1.93. The monoisotopic (exact) mass is 322 g/mol. The predicted molar refractivity (Wildman–Crippen MR) is 86.7 cm³/mol. The molecular weight excluding hydrogens is 308 g/mol. The average molecular weight is 322 g/mol. The minimum absolute atomic E-state index is 0.298. The third-order valence-corrected chi connectivity index (χ3v) is 4.17. The summed E-state index contributed by atoms with van der Waals surface area (Å²) in [5.41, 5.74) is 2.52. The SMILES string of the molecule is CCn1c(Sc2ccc(C#N)nn2)nnc1-c1cccc(C)c1. The minimum atomic E-state index is 0.298. The van der Waals surface area contributed by atoms with E-state index in [0.29, 0.717) is 10.7 Å². The molecular formula is C16H14N6S. The van der Waals surface area contributed by atoms with Gasteiger partial charge in [0.1, 0.15) is 11.1 Å². The standard InChI is InChI=1S/C16H14N6S/c1-3-22-15(12-6-4-5-11(2)9-12)20-21-16(22)23-14-8-7-13(10-17)18-19-14/h4-9H,3H2,1-2H3. The van der Waals surface area contributed by atoms with Gasteiger partial charge in [0.05, 0.1) is 0 Å². The van der Waals surface area contributed by atoms with E-state index in [1.165, 1.54) is 17.3 Å². The number of nitriles is 1. The summed E-state index contributed by atoms with van der Waals surface area (Å²) in [6.07, 6.45) is 0. The molecule has 114 valence electrons. The van der Waals surface area contributed by atoms with Crippen LogP contribution in [0.3, 0.4) is 0 Å². The van der Waals surface area contributed by atoms with Crippen molar-refractivity contribution < 1.29 is 0 Å². The van der Waals surface area contributed by atoms with Crippen molar-refractivity contribution in [1.29, 1.82) is 5.26 Å². The van der Waals surface area contributed by atoms with Crippen LogP contribution in [0.4, 0.5) is 0 Å². The molecule has 23 heavy (non-hydrogen) atoms. The maximum Gasteiger partial charge on any atom is 0.197 e. The molecule has 0 saturated heterocycles. The zero-order valence-electron chi connectivity index (χ0n) is 12.8. The fourth-order valence-electron chi connectivity index (χ4n) is 2.17. The molecule has 2 heterocycles. The molecule has 0 spiro atoms. The molecule has 0 amide bonds. The molecule has 6 nitrogen and oxygen atoms in total. The molecule has 0 unspecified atom stereocenters. The first-order valence-corrected chi connectivity index (χ1v) is 7.95. The van der Waals surface area contributed by atoms with Crippen molar-refractivity contribution in [2.24, 2.45) is 0 Å². The van der Waals surface area contributed by atoms with Crippen molar-refractivity contribution >= 4 is 11.8 Å². The van der Waals surface area contributed by atoms with Crippen LogP contribution in [0.1, 0.15) is 18.2 Å². The second-order valence-corrected chi connectivity index (χ2v) is 5.88. The van der Waals surface area contributed by atoms with Crippen LogP contribution in [-0.2, 0) is 6.54 Å². The molecule has 0 fully saturated rings. The second kappa shape index (κ2) is 6.58. The maximum absolute atomic E-state index is 8.77. The van der Waals surface area contributed by atoms with Gasteiger partial charge in [-0.2, -0.15) is 5.26 Å². The Kier molecular flexibility index (Phi) is 4.35. The summed E-state index contributed by atoms with van der Waals surface area (Å²) in [5.74, 6) is 0.834. The fraction of sp³-hybridized carbons (Fsp3) is 0.188. The summed E-state index contributed by atoms with van der Waals surface area (Å²) in [7, 11) is 0. The van der Waals surface area contributed by atoms with Gasteiger partial charge in [0.25, 0.3) is 0 Å². The maximum atomic E-state index is 8.77. The van der Waals surface area contributed by atoms with E-state index in [1.807, 2.05) is 22.8 Å². The van der Waals surface area contributed by atoms with Crippen LogP contribution in [0, 0.1) is 18.3 Å². The molecule has 0 N–H and O–H groups in total. The van der Waals surface area contributed by atoms with Crippen molar-refractivity contribution in [3.8, 4) is 17.5 Å². The van der Waals surface area contributed by atoms with Crippen LogP contribution in [0.5, 0.6) is 0 Å². The molecule has 7 heteroatoms. The number of rotatable bonds is 4. The molecule has 0 bridgehead atoms. The zero-order valence-corrected chi connectivity index (χ0v) is 13.6. The lowest BCUT2D eigenvalue weighted by Crippen LogP contribution is -2.00. The summed E-state index contributed by atoms with van der Waals surface area (Å²) < 4.78 is 2.04. The fourth-order valence-corrected chi connectivity index (χ4v) is 2.99. The molecule has 3 aromatic rings. The summed E-state index contributed by atoms with van der Waals surface area (Å²) in [6, 6.07) is 13.5. The Hall–Kier alpha value is -2.72. The molecule has 2 aromatic heterocycles. The van der Waals surface area contributed by atoms with E-state index in [0.717, 1.165) is 23.1 Å². The van der Waals surface area contributed by atoms with Crippen LogP contribution < -0.4 is 0 Å². The number of aromatic nitrogens is 5. The zero-order chi connectivity index (χ0) is 16.2. The van der Waals surface area contributed by atoms with Gasteiger partial charge in [-0.05, 0) is 43.8 Å². The van der Waals surface area contributed by atoms with Gasteiger partial charge in [0.15, 0.2) is 16.7 Å². The molecule has 0 aliphatic heterocycles. The van der Waals surface area contributed by atoms with Gasteiger partial charge >= 0.3 is 0 Å². The van der Waals surface area contributed by atoms with Crippen LogP contribution in [0.25, 0.3) is 11.4 Å². The van der Waals surface area contributed by atoms with Gasteiger partial charge in [0, 0.05) is 12.1 Å². The summed E-state index contributed by atoms with van der Waals surface area (Å²) in [5, 5.41) is 26.7. The Bertz CT molecular complexity index is 863. The molecule has 0 atom stereocenters. The summed E-state index contributed by atoms with van der Waals surface area (Å²) in [4.78, 5) is 0.